The average Bonchev–Trinajstić information content (AvgIpc) is 2.87. The number of nitrogen functional groups attached to an aromatic ring is 1. The molecule has 9 nitrogen and oxygen atoms in total. The number of aromatic nitrogens is 1. The number of carbonyl (C=O) groups is 1. The fraction of sp³-hybridized carbons (Fsp3) is 0.296. The maximum absolute atomic E-state index is 13.1. The Kier molecular flexibility index (Phi) is 8.02. The Morgan fingerprint density at radius 2 is 1.58 bits per heavy atom. The van der Waals surface area contributed by atoms with E-state index >= 15 is 0 Å². The lowest BCUT2D eigenvalue weighted by molar-refractivity contribution is 0.0925. The van der Waals surface area contributed by atoms with E-state index in [1.54, 1.807) is 54.6 Å². The maximum Gasteiger partial charge on any atom is 0.251 e. The van der Waals surface area contributed by atoms with E-state index in [1.165, 1.54) is 6.20 Å². The van der Waals surface area contributed by atoms with Crippen molar-refractivity contribution in [3.8, 4) is 23.0 Å². The van der Waals surface area contributed by atoms with E-state index in [4.69, 9.17) is 31.1 Å². The predicted octanol–water partition coefficient (Wildman–Crippen LogP) is 4.61. The van der Waals surface area contributed by atoms with Crippen molar-refractivity contribution in [3.05, 3.63) is 71.9 Å². The molecule has 1 heterocycles. The first-order valence-electron chi connectivity index (χ1n) is 12.0. The quantitative estimate of drug-likeness (QED) is 0.267. The molecule has 0 bridgehead atoms. The Hall–Kier alpha value is -4.11. The van der Waals surface area contributed by atoms with Crippen LogP contribution < -0.4 is 26.3 Å². The largest absolute Gasteiger partial charge is 0.478 e. The molecule has 1 aliphatic carbocycles. The predicted molar refractivity (Wildman–Crippen MR) is 138 cm³/mol. The number of hydrogen-bond donors (Lipinski definition) is 4. The lowest BCUT2D eigenvalue weighted by Crippen LogP contribution is -2.40. The second-order valence-corrected chi connectivity index (χ2v) is 8.69. The highest BCUT2D eigenvalue weighted by Gasteiger charge is 2.21. The second kappa shape index (κ2) is 11.5. The van der Waals surface area contributed by atoms with Crippen LogP contribution >= 0.6 is 0 Å². The topological polar surface area (TPSA) is 146 Å². The minimum atomic E-state index is -0.207. The summed E-state index contributed by atoms with van der Waals surface area (Å²) in [5, 5.41) is 11.0. The van der Waals surface area contributed by atoms with Crippen molar-refractivity contribution in [2.24, 2.45) is 5.73 Å². The molecule has 3 aromatic rings. The summed E-state index contributed by atoms with van der Waals surface area (Å²) in [4.78, 5) is 17.2. The zero-order chi connectivity index (χ0) is 25.5. The van der Waals surface area contributed by atoms with Gasteiger partial charge in [0, 0.05) is 29.3 Å². The highest BCUT2D eigenvalue weighted by molar-refractivity contribution is 5.95. The lowest BCUT2D eigenvalue weighted by Gasteiger charge is -2.26. The molecule has 1 fully saturated rings. The molecule has 0 spiro atoms. The number of ether oxygens (including phenoxy) is 3. The van der Waals surface area contributed by atoms with Crippen LogP contribution in [0.4, 0.5) is 5.82 Å². The molecular formula is C27H31N5O4. The van der Waals surface area contributed by atoms with Crippen molar-refractivity contribution in [2.45, 2.75) is 44.7 Å². The van der Waals surface area contributed by atoms with Gasteiger partial charge in [-0.1, -0.05) is 0 Å². The maximum atomic E-state index is 13.1. The fourth-order valence-electron chi connectivity index (χ4n) is 3.98. The second-order valence-electron chi connectivity index (χ2n) is 8.69. The summed E-state index contributed by atoms with van der Waals surface area (Å²) in [6, 6.07) is 15.6. The van der Waals surface area contributed by atoms with E-state index in [1.807, 2.05) is 6.92 Å². The van der Waals surface area contributed by atoms with Gasteiger partial charge in [0.05, 0.1) is 12.8 Å². The lowest BCUT2D eigenvalue weighted by atomic mass is 9.91. The number of carbonyl (C=O) groups excluding carboxylic acids is 1. The Morgan fingerprint density at radius 1 is 0.944 bits per heavy atom. The number of nitrogens with one attached hydrogen (secondary N) is 2. The Balaban J connectivity index is 1.55. The zero-order valence-electron chi connectivity index (χ0n) is 20.2. The summed E-state index contributed by atoms with van der Waals surface area (Å²) in [6.07, 6.45) is 5.01. The van der Waals surface area contributed by atoms with Crippen LogP contribution in [0.5, 0.6) is 23.0 Å². The first-order valence-corrected chi connectivity index (χ1v) is 12.0. The van der Waals surface area contributed by atoms with Gasteiger partial charge in [-0.25, -0.2) is 4.98 Å². The monoisotopic (exact) mass is 489 g/mol. The number of rotatable bonds is 8. The van der Waals surface area contributed by atoms with Gasteiger partial charge in [-0.3, -0.25) is 10.2 Å². The molecule has 188 valence electrons. The number of benzene rings is 2. The third-order valence-electron chi connectivity index (χ3n) is 5.89. The number of amides is 1. The van der Waals surface area contributed by atoms with Gasteiger partial charge >= 0.3 is 0 Å². The number of hydrogen-bond acceptors (Lipinski definition) is 8. The Labute approximate surface area is 210 Å². The molecule has 1 amide bonds. The van der Waals surface area contributed by atoms with Crippen LogP contribution in [0.3, 0.4) is 0 Å². The standard InChI is InChI=1S/C27H31N5O4/c1-2-34-26(30)17-3-9-21(10-4-17)35-23-13-18(27(33)32-20-7-5-19(28)6-8-20)14-24(15-23)36-22-11-12-25(29)31-16-22/h3-4,9-16,19-20,30H,2,5-8,28H2,1H3,(H2,29,31)(H,32,33). The van der Waals surface area contributed by atoms with Gasteiger partial charge in [0.2, 0.25) is 5.90 Å². The van der Waals surface area contributed by atoms with Crippen LogP contribution in [0.1, 0.15) is 48.5 Å². The van der Waals surface area contributed by atoms with Crippen LogP contribution in [-0.4, -0.2) is 35.5 Å². The molecule has 4 rings (SSSR count). The van der Waals surface area contributed by atoms with E-state index in [2.05, 4.69) is 10.3 Å². The molecule has 36 heavy (non-hydrogen) atoms. The van der Waals surface area contributed by atoms with Crippen molar-refractivity contribution < 1.29 is 19.0 Å². The molecule has 0 aliphatic heterocycles. The fourth-order valence-corrected chi connectivity index (χ4v) is 3.98. The van der Waals surface area contributed by atoms with Crippen molar-refractivity contribution in [1.29, 1.82) is 5.41 Å². The summed E-state index contributed by atoms with van der Waals surface area (Å²) >= 11 is 0. The Bertz CT molecular complexity index is 1190. The molecule has 1 aliphatic rings. The minimum Gasteiger partial charge on any atom is -0.478 e. The molecule has 6 N–H and O–H groups in total. The third-order valence-corrected chi connectivity index (χ3v) is 5.89. The molecule has 1 aromatic heterocycles. The van der Waals surface area contributed by atoms with Crippen LogP contribution in [0.25, 0.3) is 0 Å². The minimum absolute atomic E-state index is 0.0840. The van der Waals surface area contributed by atoms with Crippen molar-refractivity contribution in [2.75, 3.05) is 12.3 Å². The smallest absolute Gasteiger partial charge is 0.251 e. The van der Waals surface area contributed by atoms with Crippen molar-refractivity contribution in [1.82, 2.24) is 10.3 Å². The summed E-state index contributed by atoms with van der Waals surface area (Å²) in [5.41, 5.74) is 12.7. The molecule has 0 atom stereocenters. The zero-order valence-corrected chi connectivity index (χ0v) is 20.2. The number of anilines is 1. The van der Waals surface area contributed by atoms with E-state index in [9.17, 15) is 4.79 Å². The van der Waals surface area contributed by atoms with E-state index in [0.717, 1.165) is 25.7 Å². The average molecular weight is 490 g/mol. The molecule has 0 radical (unpaired) electrons. The number of nitrogens with two attached hydrogens (primary N) is 2. The van der Waals surface area contributed by atoms with Crippen LogP contribution in [-0.2, 0) is 4.74 Å². The molecule has 0 saturated heterocycles. The van der Waals surface area contributed by atoms with Gasteiger partial charge in [-0.05, 0) is 81.1 Å². The summed E-state index contributed by atoms with van der Waals surface area (Å²) in [6.45, 7) is 2.25. The van der Waals surface area contributed by atoms with Gasteiger partial charge < -0.3 is 31.0 Å². The highest BCUT2D eigenvalue weighted by Crippen LogP contribution is 2.31. The number of nitrogens with zero attached hydrogens (tertiary/aromatic N) is 1. The highest BCUT2D eigenvalue weighted by atomic mass is 16.5. The van der Waals surface area contributed by atoms with Gasteiger partial charge in [0.1, 0.15) is 28.8 Å². The molecule has 1 saturated carbocycles. The first kappa shape index (κ1) is 25.0. The Morgan fingerprint density at radius 3 is 2.19 bits per heavy atom. The normalized spacial score (nSPS) is 17.2. The van der Waals surface area contributed by atoms with Gasteiger partial charge in [-0.2, -0.15) is 0 Å². The van der Waals surface area contributed by atoms with Gasteiger partial charge in [0.25, 0.3) is 5.91 Å². The SMILES string of the molecule is CCOC(=N)c1ccc(Oc2cc(Oc3ccc(N)nc3)cc(C(=O)NC3CCC(N)CC3)c2)cc1. The van der Waals surface area contributed by atoms with Gasteiger partial charge in [0.15, 0.2) is 0 Å². The van der Waals surface area contributed by atoms with Gasteiger partial charge in [-0.15, -0.1) is 0 Å². The van der Waals surface area contributed by atoms with E-state index in [0.29, 0.717) is 46.5 Å². The third kappa shape index (κ3) is 6.73. The van der Waals surface area contributed by atoms with Crippen molar-refractivity contribution in [3.63, 3.8) is 0 Å². The first-order chi connectivity index (χ1) is 17.4. The number of pyridine rings is 1. The van der Waals surface area contributed by atoms with Crippen LogP contribution in [0.15, 0.2) is 60.8 Å². The van der Waals surface area contributed by atoms with Crippen molar-refractivity contribution >= 4 is 17.6 Å². The van der Waals surface area contributed by atoms with E-state index < -0.39 is 0 Å². The summed E-state index contributed by atoms with van der Waals surface area (Å²) < 4.78 is 17.2. The van der Waals surface area contributed by atoms with E-state index in [-0.39, 0.29) is 23.9 Å². The molecule has 9 heteroatoms. The summed E-state index contributed by atoms with van der Waals surface area (Å²) in [7, 11) is 0. The van der Waals surface area contributed by atoms with Crippen LogP contribution in [0.2, 0.25) is 0 Å². The summed E-state index contributed by atoms with van der Waals surface area (Å²) in [5.74, 6) is 2.15. The molecule has 0 unspecified atom stereocenters. The molecular weight excluding hydrogens is 458 g/mol. The van der Waals surface area contributed by atoms with Crippen LogP contribution in [0, 0.1) is 5.41 Å². The molecule has 2 aromatic carbocycles.